The van der Waals surface area contributed by atoms with Gasteiger partial charge in [0.15, 0.2) is 0 Å². The molecule has 0 radical (unpaired) electrons. The topological polar surface area (TPSA) is 175 Å². The van der Waals surface area contributed by atoms with E-state index in [1.807, 2.05) is 134 Å². The SMILES string of the molecule is Cc1ccc(Nc2nc(-n3c(C)nc4ccccc43)cc(N)[n+]2O)cc1.Cc1ccc(Nc2nc(N)cc(-n3c(C)nc4ccccc43)n2)cc1. The summed E-state index contributed by atoms with van der Waals surface area (Å²) < 4.78 is 4.72. The summed E-state index contributed by atoms with van der Waals surface area (Å²) in [7, 11) is 0. The number of nitrogens with one attached hydrogen (secondary N) is 2. The van der Waals surface area contributed by atoms with Crippen LogP contribution in [0.5, 0.6) is 0 Å². The van der Waals surface area contributed by atoms with E-state index in [2.05, 4.69) is 35.6 Å². The molecule has 0 aliphatic heterocycles. The van der Waals surface area contributed by atoms with Gasteiger partial charge in [0.25, 0.3) is 0 Å². The van der Waals surface area contributed by atoms with Gasteiger partial charge in [0, 0.05) is 11.8 Å². The van der Waals surface area contributed by atoms with Crippen molar-refractivity contribution in [2.75, 3.05) is 22.1 Å². The van der Waals surface area contributed by atoms with Gasteiger partial charge in [-0.2, -0.15) is 9.97 Å². The molecule has 51 heavy (non-hydrogen) atoms. The lowest BCUT2D eigenvalue weighted by atomic mass is 10.2. The summed E-state index contributed by atoms with van der Waals surface area (Å²) >= 11 is 0. The van der Waals surface area contributed by atoms with Crippen molar-refractivity contribution in [2.45, 2.75) is 27.7 Å². The van der Waals surface area contributed by atoms with Gasteiger partial charge in [0.2, 0.25) is 17.6 Å². The summed E-state index contributed by atoms with van der Waals surface area (Å²) in [5, 5.41) is 16.6. The van der Waals surface area contributed by atoms with Gasteiger partial charge in [-0.05, 0) is 81.0 Å². The van der Waals surface area contributed by atoms with Gasteiger partial charge >= 0.3 is 5.95 Å². The molecule has 8 aromatic rings. The van der Waals surface area contributed by atoms with Crippen LogP contribution in [0.1, 0.15) is 22.8 Å². The van der Waals surface area contributed by atoms with Crippen molar-refractivity contribution in [3.8, 4) is 11.6 Å². The summed E-state index contributed by atoms with van der Waals surface area (Å²) in [5.74, 6) is 4.15. The molecule has 4 heterocycles. The van der Waals surface area contributed by atoms with E-state index in [0.717, 1.165) is 55.4 Å². The molecule has 0 saturated heterocycles. The van der Waals surface area contributed by atoms with Crippen molar-refractivity contribution in [3.05, 3.63) is 132 Å². The van der Waals surface area contributed by atoms with Crippen molar-refractivity contribution in [3.63, 3.8) is 0 Å². The molecule has 0 atom stereocenters. The maximum absolute atomic E-state index is 10.3. The second-order valence-corrected chi connectivity index (χ2v) is 12.1. The number of rotatable bonds is 6. The van der Waals surface area contributed by atoms with Gasteiger partial charge in [-0.25, -0.2) is 9.97 Å². The maximum atomic E-state index is 10.3. The van der Waals surface area contributed by atoms with Crippen LogP contribution in [-0.4, -0.2) is 39.3 Å². The molecule has 0 saturated carbocycles. The molecule has 0 bridgehead atoms. The summed E-state index contributed by atoms with van der Waals surface area (Å²) in [4.78, 5) is 22.6. The summed E-state index contributed by atoms with van der Waals surface area (Å²) in [6.45, 7) is 7.92. The highest BCUT2D eigenvalue weighted by Gasteiger charge is 2.20. The predicted molar refractivity (Wildman–Crippen MR) is 200 cm³/mol. The highest BCUT2D eigenvalue weighted by atomic mass is 16.5. The molecule has 0 aliphatic carbocycles. The number of hydrogen-bond acceptors (Lipinski definition) is 10. The first-order valence-electron chi connectivity index (χ1n) is 16.3. The van der Waals surface area contributed by atoms with Crippen LogP contribution in [0.4, 0.5) is 34.9 Å². The van der Waals surface area contributed by atoms with Gasteiger partial charge in [0.1, 0.15) is 23.3 Å². The number of nitrogens with zero attached hydrogens (tertiary/aromatic N) is 8. The molecule has 8 rings (SSSR count). The Balaban J connectivity index is 0.000000159. The second-order valence-electron chi connectivity index (χ2n) is 12.1. The van der Waals surface area contributed by atoms with Crippen LogP contribution in [0, 0.1) is 27.7 Å². The molecule has 0 unspecified atom stereocenters. The van der Waals surface area contributed by atoms with E-state index in [1.54, 1.807) is 12.1 Å². The quantitative estimate of drug-likeness (QED) is 0.0947. The molecule has 0 fully saturated rings. The molecule has 7 N–H and O–H groups in total. The molecule has 4 aromatic carbocycles. The van der Waals surface area contributed by atoms with E-state index < -0.39 is 0 Å². The number of nitrogens with two attached hydrogens (primary N) is 2. The van der Waals surface area contributed by atoms with Crippen LogP contribution in [0.3, 0.4) is 0 Å². The highest BCUT2D eigenvalue weighted by molar-refractivity contribution is 5.79. The number of aryl methyl sites for hydroxylation is 4. The zero-order valence-corrected chi connectivity index (χ0v) is 28.6. The summed E-state index contributed by atoms with van der Waals surface area (Å²) in [6.07, 6.45) is 0. The Bertz CT molecular complexity index is 2500. The Morgan fingerprint density at radius 2 is 1.06 bits per heavy atom. The Hall–Kier alpha value is -7.02. The smallest absolute Gasteiger partial charge is 0.383 e. The van der Waals surface area contributed by atoms with Crippen LogP contribution in [-0.2, 0) is 0 Å². The number of anilines is 6. The van der Waals surface area contributed by atoms with Crippen molar-refractivity contribution in [1.29, 1.82) is 0 Å². The standard InChI is InChI=1S/C19H18N6O.C19H18N6/c1-12-7-9-14(10-8-12)22-19-23-18(11-17(20)25(19)26)24-13(2)21-15-5-3-4-6-16(15)24;1-12-7-9-14(10-8-12)22-19-23-17(20)11-18(24-19)25-13(2)21-15-5-3-4-6-16(15)25/h3-11,26H,1-2H3,(H2,20,22,23);3-11H,1-2H3,(H3,20,22,23,24)/p+1. The third-order valence-electron chi connectivity index (χ3n) is 8.21. The Morgan fingerprint density at radius 3 is 1.61 bits per heavy atom. The van der Waals surface area contributed by atoms with Crippen LogP contribution < -0.4 is 26.8 Å². The van der Waals surface area contributed by atoms with E-state index in [4.69, 9.17) is 11.5 Å². The summed E-state index contributed by atoms with van der Waals surface area (Å²) in [5.41, 5.74) is 19.8. The lowest BCUT2D eigenvalue weighted by molar-refractivity contribution is -0.883. The molecule has 0 aliphatic rings. The zero-order valence-electron chi connectivity index (χ0n) is 28.6. The van der Waals surface area contributed by atoms with E-state index >= 15 is 0 Å². The van der Waals surface area contributed by atoms with E-state index in [0.29, 0.717) is 23.4 Å². The molecule has 13 heteroatoms. The van der Waals surface area contributed by atoms with Crippen LogP contribution in [0.2, 0.25) is 0 Å². The van der Waals surface area contributed by atoms with Crippen molar-refractivity contribution in [1.82, 2.24) is 34.1 Å². The normalized spacial score (nSPS) is 11.0. The number of nitrogen functional groups attached to an aromatic ring is 2. The Labute approximate surface area is 293 Å². The number of hydrogen-bond donors (Lipinski definition) is 5. The Kier molecular flexibility index (Phi) is 8.59. The van der Waals surface area contributed by atoms with Crippen LogP contribution in [0.25, 0.3) is 33.7 Å². The van der Waals surface area contributed by atoms with E-state index in [9.17, 15) is 5.21 Å². The minimum atomic E-state index is 0.168. The fraction of sp³-hybridized carbons (Fsp3) is 0.105. The van der Waals surface area contributed by atoms with Crippen LogP contribution >= 0.6 is 0 Å². The maximum Gasteiger partial charge on any atom is 0.390 e. The van der Waals surface area contributed by atoms with Crippen molar-refractivity contribution in [2.24, 2.45) is 0 Å². The fourth-order valence-electron chi connectivity index (χ4n) is 5.73. The number of imidazole rings is 2. The number of aromatic nitrogens is 8. The molecule has 13 nitrogen and oxygen atoms in total. The lowest BCUT2D eigenvalue weighted by Gasteiger charge is -2.10. The first-order chi connectivity index (χ1) is 24.6. The molecular weight excluding hydrogens is 641 g/mol. The van der Waals surface area contributed by atoms with Gasteiger partial charge in [-0.3, -0.25) is 14.5 Å². The highest BCUT2D eigenvalue weighted by Crippen LogP contribution is 2.24. The molecule has 4 aromatic heterocycles. The van der Waals surface area contributed by atoms with Gasteiger partial charge < -0.3 is 22.0 Å². The molecule has 0 spiro atoms. The average Bonchev–Trinajstić information content (AvgIpc) is 3.63. The minimum Gasteiger partial charge on any atom is -0.383 e. The monoisotopic (exact) mass is 677 g/mol. The average molecular weight is 678 g/mol. The fourth-order valence-corrected chi connectivity index (χ4v) is 5.73. The Morgan fingerprint density at radius 1 is 0.569 bits per heavy atom. The molecule has 254 valence electrons. The van der Waals surface area contributed by atoms with E-state index in [-0.39, 0.29) is 11.8 Å². The number of para-hydroxylation sites is 4. The number of fused-ring (bicyclic) bond motifs is 2. The van der Waals surface area contributed by atoms with Gasteiger partial charge in [-0.15, -0.1) is 0 Å². The van der Waals surface area contributed by atoms with Gasteiger partial charge in [0.05, 0.1) is 33.8 Å². The van der Waals surface area contributed by atoms with E-state index in [1.165, 1.54) is 5.56 Å². The largest absolute Gasteiger partial charge is 0.390 e. The lowest BCUT2D eigenvalue weighted by Crippen LogP contribution is -2.38. The molecular formula is C38H37N12O+. The van der Waals surface area contributed by atoms with Crippen molar-refractivity contribution >= 4 is 57.0 Å². The first-order valence-corrected chi connectivity index (χ1v) is 16.3. The third kappa shape index (κ3) is 6.81. The predicted octanol–water partition coefficient (Wildman–Crippen LogP) is 6.65. The second kappa shape index (κ2) is 13.5. The third-order valence-corrected chi connectivity index (χ3v) is 8.21. The zero-order chi connectivity index (χ0) is 35.6. The van der Waals surface area contributed by atoms with Crippen LogP contribution in [0.15, 0.2) is 109 Å². The first kappa shape index (κ1) is 32.5. The van der Waals surface area contributed by atoms with Crippen molar-refractivity contribution < 1.29 is 9.94 Å². The minimum absolute atomic E-state index is 0.168. The van der Waals surface area contributed by atoms with Gasteiger partial charge in [-0.1, -0.05) is 64.6 Å². The molecule has 0 amide bonds. The number of benzene rings is 4. The summed E-state index contributed by atoms with van der Waals surface area (Å²) in [6, 6.07) is 34.9.